The van der Waals surface area contributed by atoms with Crippen molar-refractivity contribution in [2.45, 2.75) is 13.1 Å². The molecule has 4 aromatic heterocycles. The summed E-state index contributed by atoms with van der Waals surface area (Å²) in [4.78, 5) is 7.44. The van der Waals surface area contributed by atoms with Gasteiger partial charge in [-0.1, -0.05) is 48.5 Å². The number of pyridine rings is 1. The minimum absolute atomic E-state index is 0.318. The number of aromatic amines is 1. The van der Waals surface area contributed by atoms with Crippen LogP contribution < -0.4 is 5.32 Å². The first-order valence-electron chi connectivity index (χ1n) is 12.9. The van der Waals surface area contributed by atoms with Crippen LogP contribution in [0, 0.1) is 5.82 Å². The van der Waals surface area contributed by atoms with Crippen LogP contribution in [0.25, 0.3) is 49.8 Å². The molecule has 4 heterocycles. The number of aromatic nitrogens is 3. The van der Waals surface area contributed by atoms with Gasteiger partial charge < -0.3 is 19.3 Å². The van der Waals surface area contributed by atoms with Crippen molar-refractivity contribution in [2.75, 3.05) is 0 Å². The number of nitrogens with one attached hydrogen (secondary N) is 2. The predicted molar refractivity (Wildman–Crippen MR) is 153 cm³/mol. The Balaban J connectivity index is 1.38. The first-order chi connectivity index (χ1) is 19.3. The van der Waals surface area contributed by atoms with Crippen LogP contribution in [0.4, 0.5) is 4.39 Å². The van der Waals surface area contributed by atoms with Gasteiger partial charge in [-0.2, -0.15) is 0 Å². The van der Waals surface area contributed by atoms with E-state index in [1.165, 1.54) is 17.2 Å². The highest BCUT2D eigenvalue weighted by molar-refractivity contribution is 6.04. The van der Waals surface area contributed by atoms with Gasteiger partial charge in [-0.05, 0) is 41.5 Å². The smallest absolute Gasteiger partial charge is 0.144 e. The maximum Gasteiger partial charge on any atom is 0.144 e. The fraction of sp³-hybridized carbons (Fsp3) is 0.0606. The minimum atomic E-state index is -0.318. The van der Waals surface area contributed by atoms with E-state index in [0.29, 0.717) is 17.7 Å². The lowest BCUT2D eigenvalue weighted by Gasteiger charge is -2.11. The molecule has 0 aliphatic rings. The maximum atomic E-state index is 15.3. The first kappa shape index (κ1) is 23.2. The normalized spacial score (nSPS) is 11.5. The molecule has 7 rings (SSSR count). The van der Waals surface area contributed by atoms with E-state index in [4.69, 9.17) is 4.42 Å². The molecule has 0 saturated heterocycles. The summed E-state index contributed by atoms with van der Waals surface area (Å²) in [5.74, 6) is -0.318. The minimum Gasteiger partial charge on any atom is -0.464 e. The Hall–Kier alpha value is -4.94. The molecule has 0 amide bonds. The Morgan fingerprint density at radius 3 is 2.54 bits per heavy atom. The van der Waals surface area contributed by atoms with Crippen molar-refractivity contribution in [3.8, 4) is 27.9 Å². The van der Waals surface area contributed by atoms with Crippen molar-refractivity contribution < 1.29 is 8.81 Å². The largest absolute Gasteiger partial charge is 0.464 e. The van der Waals surface area contributed by atoms with Gasteiger partial charge in [0.05, 0.1) is 17.3 Å². The van der Waals surface area contributed by atoms with Gasteiger partial charge in [0.25, 0.3) is 0 Å². The van der Waals surface area contributed by atoms with Gasteiger partial charge in [-0.3, -0.25) is 4.98 Å². The lowest BCUT2D eigenvalue weighted by atomic mass is 9.96. The average molecular weight is 513 g/mol. The second kappa shape index (κ2) is 9.74. The van der Waals surface area contributed by atoms with Crippen LogP contribution in [-0.4, -0.2) is 14.5 Å². The van der Waals surface area contributed by atoms with E-state index in [9.17, 15) is 0 Å². The summed E-state index contributed by atoms with van der Waals surface area (Å²) >= 11 is 0. The topological polar surface area (TPSA) is 58.8 Å². The Labute approximate surface area is 224 Å². The highest BCUT2D eigenvalue weighted by Crippen LogP contribution is 2.42. The summed E-state index contributed by atoms with van der Waals surface area (Å²) in [5, 5.41) is 5.55. The lowest BCUT2D eigenvalue weighted by Crippen LogP contribution is -2.13. The Morgan fingerprint density at radius 2 is 1.67 bits per heavy atom. The van der Waals surface area contributed by atoms with E-state index in [2.05, 4.69) is 68.5 Å². The van der Waals surface area contributed by atoms with Crippen LogP contribution in [0.1, 0.15) is 11.1 Å². The molecule has 0 aliphatic heterocycles. The molecule has 7 aromatic rings. The number of benzene rings is 3. The highest BCUT2D eigenvalue weighted by atomic mass is 19.1. The monoisotopic (exact) mass is 512 g/mol. The summed E-state index contributed by atoms with van der Waals surface area (Å²) in [6.45, 7) is 1.47. The van der Waals surface area contributed by atoms with Crippen LogP contribution in [0.2, 0.25) is 0 Å². The van der Waals surface area contributed by atoms with Crippen molar-refractivity contribution in [1.29, 1.82) is 0 Å². The van der Waals surface area contributed by atoms with Crippen LogP contribution in [-0.2, 0) is 13.1 Å². The van der Waals surface area contributed by atoms with Crippen molar-refractivity contribution in [3.05, 3.63) is 133 Å². The fourth-order valence-electron chi connectivity index (χ4n) is 5.41. The zero-order chi connectivity index (χ0) is 26.2. The molecule has 0 bridgehead atoms. The van der Waals surface area contributed by atoms with E-state index < -0.39 is 0 Å². The molecular formula is C33H25FN4O. The molecule has 0 spiro atoms. The number of hydrogen-bond acceptors (Lipinski definition) is 3. The molecule has 39 heavy (non-hydrogen) atoms. The number of nitrogens with zero attached hydrogens (tertiary/aromatic N) is 2. The molecule has 3 aromatic carbocycles. The highest BCUT2D eigenvalue weighted by Gasteiger charge is 2.22. The van der Waals surface area contributed by atoms with Gasteiger partial charge in [0.15, 0.2) is 0 Å². The third kappa shape index (κ3) is 4.11. The number of furan rings is 1. The van der Waals surface area contributed by atoms with Crippen molar-refractivity contribution in [1.82, 2.24) is 19.9 Å². The SMILES string of the molecule is Fc1ccc2ccoc2c1-c1c[nH]cc1-c1cn(-c2ccncc2)c2c(CNCc3ccccc3)cccc12. The Morgan fingerprint density at radius 1 is 0.821 bits per heavy atom. The molecule has 2 N–H and O–H groups in total. The van der Waals surface area contributed by atoms with Gasteiger partial charge in [-0.15, -0.1) is 0 Å². The second-order valence-corrected chi connectivity index (χ2v) is 9.56. The zero-order valence-electron chi connectivity index (χ0n) is 21.1. The fourth-order valence-corrected chi connectivity index (χ4v) is 5.41. The number of rotatable bonds is 7. The number of hydrogen-bond donors (Lipinski definition) is 2. The molecule has 0 saturated carbocycles. The molecule has 6 heteroatoms. The molecule has 0 atom stereocenters. The molecule has 0 aliphatic carbocycles. The quantitative estimate of drug-likeness (QED) is 0.229. The first-order valence-corrected chi connectivity index (χ1v) is 12.9. The summed E-state index contributed by atoms with van der Waals surface area (Å²) in [6, 6.07) is 25.9. The van der Waals surface area contributed by atoms with Crippen LogP contribution in [0.5, 0.6) is 0 Å². The molecule has 5 nitrogen and oxygen atoms in total. The van der Waals surface area contributed by atoms with Gasteiger partial charge in [-0.25, -0.2) is 4.39 Å². The molecule has 0 radical (unpaired) electrons. The van der Waals surface area contributed by atoms with Crippen LogP contribution in [0.3, 0.4) is 0 Å². The predicted octanol–water partition coefficient (Wildman–Crippen LogP) is 7.86. The third-order valence-corrected chi connectivity index (χ3v) is 7.21. The lowest BCUT2D eigenvalue weighted by molar-refractivity contribution is 0.602. The number of H-pyrrole nitrogens is 1. The van der Waals surface area contributed by atoms with E-state index >= 15 is 4.39 Å². The van der Waals surface area contributed by atoms with E-state index in [-0.39, 0.29) is 5.82 Å². The van der Waals surface area contributed by atoms with Gasteiger partial charge in [0.1, 0.15) is 11.4 Å². The van der Waals surface area contributed by atoms with Crippen LogP contribution >= 0.6 is 0 Å². The number of halogens is 1. The standard InChI is InChI=1S/C33H25FN4O/c34-30-10-9-23-13-16-39-33(23)31(30)28-20-37-19-27(28)29-21-38(25-11-14-35-15-12-25)32-24(7-4-8-26(29)32)18-36-17-22-5-2-1-3-6-22/h1-16,19-21,36-37H,17-18H2. The molecule has 190 valence electrons. The average Bonchev–Trinajstić information content (AvgIpc) is 3.73. The summed E-state index contributed by atoms with van der Waals surface area (Å²) in [6.07, 6.45) is 11.1. The van der Waals surface area contributed by atoms with E-state index in [1.807, 2.05) is 36.7 Å². The number of fused-ring (bicyclic) bond motifs is 2. The Kier molecular flexibility index (Phi) is 5.79. The summed E-state index contributed by atoms with van der Waals surface area (Å²) in [7, 11) is 0. The van der Waals surface area contributed by atoms with Crippen molar-refractivity contribution in [2.24, 2.45) is 0 Å². The Bertz CT molecular complexity index is 1900. The number of para-hydroxylation sites is 1. The van der Waals surface area contributed by atoms with Gasteiger partial charge in [0.2, 0.25) is 0 Å². The molecule has 0 fully saturated rings. The van der Waals surface area contributed by atoms with Crippen LogP contribution in [0.15, 0.2) is 121 Å². The summed E-state index contributed by atoms with van der Waals surface area (Å²) < 4.78 is 23.2. The van der Waals surface area contributed by atoms with E-state index in [1.54, 1.807) is 24.7 Å². The summed E-state index contributed by atoms with van der Waals surface area (Å²) in [5.41, 5.74) is 8.18. The second-order valence-electron chi connectivity index (χ2n) is 9.56. The van der Waals surface area contributed by atoms with Crippen molar-refractivity contribution >= 4 is 21.9 Å². The third-order valence-electron chi connectivity index (χ3n) is 7.21. The zero-order valence-corrected chi connectivity index (χ0v) is 21.1. The van der Waals surface area contributed by atoms with Gasteiger partial charge >= 0.3 is 0 Å². The molecular weight excluding hydrogens is 487 g/mol. The molecule has 0 unspecified atom stereocenters. The van der Waals surface area contributed by atoms with Crippen molar-refractivity contribution in [3.63, 3.8) is 0 Å². The maximum absolute atomic E-state index is 15.3. The van der Waals surface area contributed by atoms with E-state index in [0.717, 1.165) is 45.2 Å². The van der Waals surface area contributed by atoms with Gasteiger partial charge in [0, 0.05) is 77.2 Å².